The van der Waals surface area contributed by atoms with E-state index < -0.39 is 0 Å². The molecular weight excluding hydrogens is 230 g/mol. The van der Waals surface area contributed by atoms with Gasteiger partial charge < -0.3 is 10.7 Å². The number of nitrogens with zero attached hydrogens (tertiary/aromatic N) is 3. The molecule has 3 N–H and O–H groups in total. The fraction of sp³-hybridized carbons (Fsp3) is 0.0833. The number of nitrogen functional groups attached to an aromatic ring is 1. The molecule has 2 heterocycles. The second-order valence-electron chi connectivity index (χ2n) is 3.97. The predicted octanol–water partition coefficient (Wildman–Crippen LogP) is 0.750. The third-order valence-electron chi connectivity index (χ3n) is 2.71. The van der Waals surface area contributed by atoms with Crippen molar-refractivity contribution in [3.05, 3.63) is 52.6 Å². The van der Waals surface area contributed by atoms with E-state index >= 15 is 0 Å². The third kappa shape index (κ3) is 1.73. The molecule has 90 valence electrons. The van der Waals surface area contributed by atoms with Gasteiger partial charge in [-0.3, -0.25) is 4.57 Å². The van der Waals surface area contributed by atoms with E-state index in [1.807, 2.05) is 30.3 Å². The quantitative estimate of drug-likeness (QED) is 0.692. The molecule has 0 saturated carbocycles. The zero-order valence-electron chi connectivity index (χ0n) is 9.50. The lowest BCUT2D eigenvalue weighted by molar-refractivity contribution is 0.778. The Labute approximate surface area is 102 Å². The summed E-state index contributed by atoms with van der Waals surface area (Å²) in [5.74, 6) is 0.156. The fourth-order valence-corrected chi connectivity index (χ4v) is 1.87. The summed E-state index contributed by atoms with van der Waals surface area (Å²) in [6.07, 6.45) is 1.51. The Morgan fingerprint density at radius 3 is 2.83 bits per heavy atom. The van der Waals surface area contributed by atoms with Crippen LogP contribution in [-0.2, 0) is 6.54 Å². The fourth-order valence-electron chi connectivity index (χ4n) is 1.87. The Morgan fingerprint density at radius 1 is 1.28 bits per heavy atom. The van der Waals surface area contributed by atoms with E-state index in [1.54, 1.807) is 4.57 Å². The van der Waals surface area contributed by atoms with Gasteiger partial charge in [0.25, 0.3) is 0 Å². The Kier molecular flexibility index (Phi) is 2.33. The van der Waals surface area contributed by atoms with Gasteiger partial charge in [0.15, 0.2) is 5.65 Å². The molecule has 1 aromatic carbocycles. The SMILES string of the molecule is Nc1ncc2[nH]c(=O)n(Cc3ccccc3)c2n1. The minimum atomic E-state index is -0.214. The molecule has 0 saturated heterocycles. The monoisotopic (exact) mass is 241 g/mol. The summed E-state index contributed by atoms with van der Waals surface area (Å²) in [4.78, 5) is 22.5. The van der Waals surface area contributed by atoms with Crippen LogP contribution in [0.1, 0.15) is 5.56 Å². The first-order valence-electron chi connectivity index (χ1n) is 5.49. The summed E-state index contributed by atoms with van der Waals surface area (Å²) in [5, 5.41) is 0. The molecular formula is C12H11N5O. The highest BCUT2D eigenvalue weighted by atomic mass is 16.1. The normalized spacial score (nSPS) is 10.9. The largest absolute Gasteiger partial charge is 0.368 e. The van der Waals surface area contributed by atoms with E-state index in [9.17, 15) is 4.79 Å². The molecule has 0 fully saturated rings. The van der Waals surface area contributed by atoms with Gasteiger partial charge >= 0.3 is 5.69 Å². The molecule has 0 amide bonds. The van der Waals surface area contributed by atoms with Gasteiger partial charge in [0.1, 0.15) is 5.52 Å². The molecule has 0 aliphatic heterocycles. The van der Waals surface area contributed by atoms with Crippen molar-refractivity contribution in [2.45, 2.75) is 6.54 Å². The predicted molar refractivity (Wildman–Crippen MR) is 68.1 cm³/mol. The Morgan fingerprint density at radius 2 is 2.06 bits per heavy atom. The maximum atomic E-state index is 11.9. The summed E-state index contributed by atoms with van der Waals surface area (Å²) in [6.45, 7) is 0.454. The average Bonchev–Trinajstić information content (AvgIpc) is 2.67. The number of aromatic amines is 1. The lowest BCUT2D eigenvalue weighted by Gasteiger charge is -2.02. The number of nitrogens with two attached hydrogens (primary N) is 1. The second kappa shape index (κ2) is 3.99. The molecule has 0 aliphatic carbocycles. The molecule has 3 rings (SSSR count). The molecule has 0 radical (unpaired) electrons. The van der Waals surface area contributed by atoms with Gasteiger partial charge in [-0.15, -0.1) is 0 Å². The van der Waals surface area contributed by atoms with Gasteiger partial charge in [0.05, 0.1) is 12.7 Å². The number of aromatic nitrogens is 4. The van der Waals surface area contributed by atoms with Crippen LogP contribution in [0.4, 0.5) is 5.95 Å². The molecule has 0 bridgehead atoms. The number of H-pyrrole nitrogens is 1. The number of benzene rings is 1. The number of fused-ring (bicyclic) bond motifs is 1. The maximum absolute atomic E-state index is 11.9. The Bertz CT molecular complexity index is 744. The zero-order valence-corrected chi connectivity index (χ0v) is 9.50. The summed E-state index contributed by atoms with van der Waals surface area (Å²) in [7, 11) is 0. The number of anilines is 1. The Hall–Kier alpha value is -2.63. The van der Waals surface area contributed by atoms with Crippen molar-refractivity contribution in [1.29, 1.82) is 0 Å². The van der Waals surface area contributed by atoms with Crippen molar-refractivity contribution in [2.75, 3.05) is 5.73 Å². The van der Waals surface area contributed by atoms with Crippen LogP contribution in [0.5, 0.6) is 0 Å². The van der Waals surface area contributed by atoms with E-state index in [4.69, 9.17) is 5.73 Å². The van der Waals surface area contributed by atoms with Gasteiger partial charge in [-0.05, 0) is 5.56 Å². The van der Waals surface area contributed by atoms with Crippen molar-refractivity contribution in [2.24, 2.45) is 0 Å². The van der Waals surface area contributed by atoms with Crippen LogP contribution in [0.3, 0.4) is 0 Å². The van der Waals surface area contributed by atoms with Crippen molar-refractivity contribution in [1.82, 2.24) is 19.5 Å². The van der Waals surface area contributed by atoms with Gasteiger partial charge in [-0.2, -0.15) is 4.98 Å². The van der Waals surface area contributed by atoms with E-state index in [0.29, 0.717) is 17.7 Å². The second-order valence-corrected chi connectivity index (χ2v) is 3.97. The summed E-state index contributed by atoms with van der Waals surface area (Å²) < 4.78 is 1.54. The summed E-state index contributed by atoms with van der Waals surface area (Å²) in [6, 6.07) is 9.70. The lowest BCUT2D eigenvalue weighted by Crippen LogP contribution is -2.17. The number of imidazole rings is 1. The van der Waals surface area contributed by atoms with Gasteiger partial charge in [0.2, 0.25) is 5.95 Å². The van der Waals surface area contributed by atoms with Crippen LogP contribution in [0.2, 0.25) is 0 Å². The van der Waals surface area contributed by atoms with Crippen LogP contribution < -0.4 is 11.4 Å². The van der Waals surface area contributed by atoms with Crippen LogP contribution in [0.25, 0.3) is 11.2 Å². The first kappa shape index (κ1) is 10.5. The van der Waals surface area contributed by atoms with Gasteiger partial charge in [-0.1, -0.05) is 30.3 Å². The molecule has 6 heteroatoms. The Balaban J connectivity index is 2.14. The molecule has 0 atom stereocenters. The van der Waals surface area contributed by atoms with Crippen LogP contribution in [0, 0.1) is 0 Å². The number of nitrogens with one attached hydrogen (secondary N) is 1. The minimum absolute atomic E-state index is 0.156. The number of hydrogen-bond acceptors (Lipinski definition) is 4. The van der Waals surface area contributed by atoms with Crippen molar-refractivity contribution < 1.29 is 0 Å². The van der Waals surface area contributed by atoms with Crippen molar-refractivity contribution in [3.63, 3.8) is 0 Å². The van der Waals surface area contributed by atoms with E-state index in [2.05, 4.69) is 15.0 Å². The highest BCUT2D eigenvalue weighted by Gasteiger charge is 2.09. The lowest BCUT2D eigenvalue weighted by atomic mass is 10.2. The molecule has 0 unspecified atom stereocenters. The number of hydrogen-bond donors (Lipinski definition) is 2. The van der Waals surface area contributed by atoms with E-state index in [1.165, 1.54) is 6.20 Å². The summed E-state index contributed by atoms with van der Waals surface area (Å²) >= 11 is 0. The van der Waals surface area contributed by atoms with E-state index in [-0.39, 0.29) is 11.6 Å². The first-order chi connectivity index (χ1) is 8.74. The van der Waals surface area contributed by atoms with Gasteiger partial charge in [0, 0.05) is 0 Å². The molecule has 0 aliphatic rings. The van der Waals surface area contributed by atoms with Crippen molar-refractivity contribution in [3.8, 4) is 0 Å². The van der Waals surface area contributed by atoms with Crippen molar-refractivity contribution >= 4 is 17.1 Å². The first-order valence-corrected chi connectivity index (χ1v) is 5.49. The average molecular weight is 241 g/mol. The molecule has 18 heavy (non-hydrogen) atoms. The van der Waals surface area contributed by atoms with Gasteiger partial charge in [-0.25, -0.2) is 9.78 Å². The standard InChI is InChI=1S/C12H11N5O/c13-11-14-6-9-10(16-11)17(12(18)15-9)7-8-4-2-1-3-5-8/h1-6H,7H2,(H,15,18)(H2,13,14,16). The minimum Gasteiger partial charge on any atom is -0.368 e. The highest BCUT2D eigenvalue weighted by molar-refractivity contribution is 5.70. The van der Waals surface area contributed by atoms with E-state index in [0.717, 1.165) is 5.56 Å². The topological polar surface area (TPSA) is 89.6 Å². The molecule has 6 nitrogen and oxygen atoms in total. The zero-order chi connectivity index (χ0) is 12.5. The molecule has 3 aromatic rings. The molecule has 2 aromatic heterocycles. The van der Waals surface area contributed by atoms with Crippen LogP contribution in [-0.4, -0.2) is 19.5 Å². The van der Waals surface area contributed by atoms with Crippen LogP contribution >= 0.6 is 0 Å². The summed E-state index contributed by atoms with van der Waals surface area (Å²) in [5.41, 5.74) is 7.47. The highest BCUT2D eigenvalue weighted by Crippen LogP contribution is 2.09. The molecule has 0 spiro atoms. The van der Waals surface area contributed by atoms with Crippen LogP contribution in [0.15, 0.2) is 41.3 Å². The third-order valence-corrected chi connectivity index (χ3v) is 2.71. The number of rotatable bonds is 2. The maximum Gasteiger partial charge on any atom is 0.328 e. The smallest absolute Gasteiger partial charge is 0.328 e.